The fraction of sp³-hybridized carbons (Fsp3) is 0.700. The zero-order valence-corrected chi connectivity index (χ0v) is 14.7. The highest BCUT2D eigenvalue weighted by molar-refractivity contribution is 5.13. The molecule has 1 heteroatoms. The second kappa shape index (κ2) is 8.58. The van der Waals surface area contributed by atoms with Crippen LogP contribution < -0.4 is 0 Å². The normalized spacial score (nSPS) is 23.1. The molecule has 1 aliphatic carbocycles. The predicted octanol–water partition coefficient (Wildman–Crippen LogP) is 5.81. The molecule has 1 N–H and O–H groups in total. The Bertz CT molecular complexity index is 410. The third-order valence-corrected chi connectivity index (χ3v) is 5.05. The van der Waals surface area contributed by atoms with E-state index in [2.05, 4.69) is 46.8 Å². The number of allylic oxidation sites excluding steroid dienone is 5. The number of rotatable bonds is 7. The van der Waals surface area contributed by atoms with Gasteiger partial charge in [-0.15, -0.1) is 0 Å². The van der Waals surface area contributed by atoms with E-state index in [1.165, 1.54) is 36.8 Å². The van der Waals surface area contributed by atoms with E-state index < -0.39 is 0 Å². The topological polar surface area (TPSA) is 20.2 Å². The first-order valence-electron chi connectivity index (χ1n) is 8.45. The molecule has 1 aliphatic rings. The third kappa shape index (κ3) is 6.22. The molecule has 0 heterocycles. The fourth-order valence-corrected chi connectivity index (χ4v) is 3.50. The fourth-order valence-electron chi connectivity index (χ4n) is 3.50. The molecular weight excluding hydrogens is 256 g/mol. The van der Waals surface area contributed by atoms with Gasteiger partial charge in [-0.25, -0.2) is 0 Å². The second-order valence-corrected chi connectivity index (χ2v) is 7.39. The van der Waals surface area contributed by atoms with Crippen LogP contribution in [-0.2, 0) is 0 Å². The highest BCUT2D eigenvalue weighted by atomic mass is 16.2. The van der Waals surface area contributed by atoms with Crippen molar-refractivity contribution in [2.75, 3.05) is 6.61 Å². The number of hydrogen-bond acceptors (Lipinski definition) is 1. The van der Waals surface area contributed by atoms with Crippen LogP contribution in [0.2, 0.25) is 0 Å². The van der Waals surface area contributed by atoms with Gasteiger partial charge in [0.2, 0.25) is 0 Å². The van der Waals surface area contributed by atoms with Crippen LogP contribution in [0.4, 0.5) is 0 Å². The molecule has 120 valence electrons. The Morgan fingerprint density at radius 2 is 1.90 bits per heavy atom. The average molecular weight is 290 g/mol. The summed E-state index contributed by atoms with van der Waals surface area (Å²) in [4.78, 5) is 0. The van der Waals surface area contributed by atoms with E-state index >= 15 is 0 Å². The van der Waals surface area contributed by atoms with Gasteiger partial charge in [0.1, 0.15) is 0 Å². The van der Waals surface area contributed by atoms with E-state index in [1.54, 1.807) is 5.57 Å². The monoisotopic (exact) mass is 290 g/mol. The van der Waals surface area contributed by atoms with Crippen molar-refractivity contribution in [3.8, 4) is 0 Å². The van der Waals surface area contributed by atoms with Gasteiger partial charge in [0, 0.05) is 0 Å². The Balaban J connectivity index is 2.45. The van der Waals surface area contributed by atoms with E-state index in [4.69, 9.17) is 5.11 Å². The number of aliphatic hydroxyl groups is 1. The highest BCUT2D eigenvalue weighted by Gasteiger charge is 2.32. The Morgan fingerprint density at radius 3 is 2.52 bits per heavy atom. The van der Waals surface area contributed by atoms with Crippen LogP contribution in [0, 0.1) is 11.3 Å². The molecule has 0 fully saturated rings. The van der Waals surface area contributed by atoms with E-state index in [9.17, 15) is 0 Å². The largest absolute Gasteiger partial charge is 0.392 e. The third-order valence-electron chi connectivity index (χ3n) is 5.05. The highest BCUT2D eigenvalue weighted by Crippen LogP contribution is 2.43. The quantitative estimate of drug-likeness (QED) is 0.586. The van der Waals surface area contributed by atoms with Crippen molar-refractivity contribution in [2.45, 2.75) is 73.1 Å². The first-order valence-corrected chi connectivity index (χ1v) is 8.45. The predicted molar refractivity (Wildman–Crippen MR) is 93.3 cm³/mol. The van der Waals surface area contributed by atoms with Gasteiger partial charge in [-0.1, -0.05) is 48.8 Å². The first kappa shape index (κ1) is 18.2. The van der Waals surface area contributed by atoms with Gasteiger partial charge in [0.05, 0.1) is 6.61 Å². The van der Waals surface area contributed by atoms with Crippen LogP contribution in [0.25, 0.3) is 0 Å². The van der Waals surface area contributed by atoms with Gasteiger partial charge in [0.15, 0.2) is 0 Å². The van der Waals surface area contributed by atoms with Gasteiger partial charge in [-0.05, 0) is 70.6 Å². The molecule has 1 atom stereocenters. The molecule has 1 nitrogen and oxygen atoms in total. The number of aliphatic hydroxyl groups excluding tert-OH is 1. The molecule has 1 rings (SSSR count). The van der Waals surface area contributed by atoms with Crippen LogP contribution in [-0.4, -0.2) is 11.7 Å². The molecule has 0 aromatic rings. The maximum Gasteiger partial charge on any atom is 0.0614 e. The molecule has 0 aromatic heterocycles. The lowest BCUT2D eigenvalue weighted by molar-refractivity contribution is 0.204. The lowest BCUT2D eigenvalue weighted by atomic mass is 9.67. The molecule has 0 amide bonds. The number of hydrogen-bond donors (Lipinski definition) is 1. The van der Waals surface area contributed by atoms with Crippen LogP contribution in [0.3, 0.4) is 0 Å². The van der Waals surface area contributed by atoms with Crippen molar-refractivity contribution in [3.05, 3.63) is 34.9 Å². The van der Waals surface area contributed by atoms with Crippen LogP contribution >= 0.6 is 0 Å². The maximum absolute atomic E-state index is 8.85. The van der Waals surface area contributed by atoms with Gasteiger partial charge in [-0.2, -0.15) is 0 Å². The minimum absolute atomic E-state index is 0.164. The molecule has 0 radical (unpaired) electrons. The molecule has 0 unspecified atom stereocenters. The van der Waals surface area contributed by atoms with E-state index in [1.807, 2.05) is 6.08 Å². The Morgan fingerprint density at radius 1 is 1.24 bits per heavy atom. The molecule has 0 aliphatic heterocycles. The molecular formula is C20H34O. The summed E-state index contributed by atoms with van der Waals surface area (Å²) in [6.45, 7) is 11.7. The van der Waals surface area contributed by atoms with Crippen molar-refractivity contribution in [2.24, 2.45) is 11.3 Å². The van der Waals surface area contributed by atoms with Gasteiger partial charge >= 0.3 is 0 Å². The standard InChI is InChI=1S/C20H34O/c1-16(8-6-9-17(2)13-15-21)11-12-19-18(3)10-7-14-20(19,4)5/h8,10,13,19,21H,6-7,9,11-12,14-15H2,1-5H3/b16-8+,17-13+/t19-/m0/s1. The van der Waals surface area contributed by atoms with Crippen LogP contribution in [0.5, 0.6) is 0 Å². The molecule has 0 aromatic carbocycles. The van der Waals surface area contributed by atoms with Crippen LogP contribution in [0.15, 0.2) is 34.9 Å². The average Bonchev–Trinajstić information content (AvgIpc) is 2.37. The minimum atomic E-state index is 0.164. The molecule has 0 bridgehead atoms. The van der Waals surface area contributed by atoms with E-state index in [-0.39, 0.29) is 6.61 Å². The summed E-state index contributed by atoms with van der Waals surface area (Å²) in [7, 11) is 0. The van der Waals surface area contributed by atoms with Crippen molar-refractivity contribution >= 4 is 0 Å². The maximum atomic E-state index is 8.85. The molecule has 0 saturated heterocycles. The summed E-state index contributed by atoms with van der Waals surface area (Å²) in [5.41, 5.74) is 4.86. The molecule has 21 heavy (non-hydrogen) atoms. The van der Waals surface area contributed by atoms with Crippen molar-refractivity contribution in [1.82, 2.24) is 0 Å². The Labute approximate surface area is 131 Å². The van der Waals surface area contributed by atoms with Crippen molar-refractivity contribution < 1.29 is 5.11 Å². The lowest BCUT2D eigenvalue weighted by Crippen LogP contribution is -2.27. The Hall–Kier alpha value is -0.820. The summed E-state index contributed by atoms with van der Waals surface area (Å²) in [5, 5.41) is 8.85. The summed E-state index contributed by atoms with van der Waals surface area (Å²) in [6, 6.07) is 0. The first-order chi connectivity index (χ1) is 9.86. The van der Waals surface area contributed by atoms with E-state index in [0.717, 1.165) is 18.8 Å². The zero-order valence-electron chi connectivity index (χ0n) is 14.7. The summed E-state index contributed by atoms with van der Waals surface area (Å²) in [6.07, 6.45) is 13.9. The smallest absolute Gasteiger partial charge is 0.0614 e. The van der Waals surface area contributed by atoms with Crippen molar-refractivity contribution in [3.63, 3.8) is 0 Å². The summed E-state index contributed by atoms with van der Waals surface area (Å²) >= 11 is 0. The van der Waals surface area contributed by atoms with Crippen LogP contribution in [0.1, 0.15) is 73.1 Å². The summed E-state index contributed by atoms with van der Waals surface area (Å²) in [5.74, 6) is 0.741. The summed E-state index contributed by atoms with van der Waals surface area (Å²) < 4.78 is 0. The lowest BCUT2D eigenvalue weighted by Gasteiger charge is -2.38. The molecule has 0 saturated carbocycles. The van der Waals surface area contributed by atoms with Gasteiger partial charge < -0.3 is 5.11 Å². The minimum Gasteiger partial charge on any atom is -0.392 e. The molecule has 0 spiro atoms. The zero-order chi connectivity index (χ0) is 15.9. The van der Waals surface area contributed by atoms with Crippen molar-refractivity contribution in [1.29, 1.82) is 0 Å². The second-order valence-electron chi connectivity index (χ2n) is 7.39. The van der Waals surface area contributed by atoms with Gasteiger partial charge in [0.25, 0.3) is 0 Å². The SMILES string of the molecule is CC1=CCCC(C)(C)[C@H]1CC/C(C)=C/CC/C(C)=C/CO. The van der Waals surface area contributed by atoms with Gasteiger partial charge in [-0.3, -0.25) is 0 Å². The van der Waals surface area contributed by atoms with E-state index in [0.29, 0.717) is 5.41 Å². The Kier molecular flexibility index (Phi) is 7.45.